The van der Waals surface area contributed by atoms with E-state index in [-0.39, 0.29) is 0 Å². The summed E-state index contributed by atoms with van der Waals surface area (Å²) in [6, 6.07) is 41.0. The number of furan rings is 1. The molecule has 7 aromatic rings. The van der Waals surface area contributed by atoms with Crippen LogP contribution >= 0.6 is 0 Å². The summed E-state index contributed by atoms with van der Waals surface area (Å²) < 4.78 is 8.47. The first-order chi connectivity index (χ1) is 19.3. The lowest BCUT2D eigenvalue weighted by Gasteiger charge is -2.09. The van der Waals surface area contributed by atoms with Crippen LogP contribution in [-0.4, -0.2) is 4.57 Å². The minimum absolute atomic E-state index is 0.886. The summed E-state index contributed by atoms with van der Waals surface area (Å²) in [5.74, 6) is 0. The molecular weight excluding hydrogens is 474 g/mol. The molecule has 1 aliphatic carbocycles. The summed E-state index contributed by atoms with van der Waals surface area (Å²) in [5.41, 5.74) is 10.4. The van der Waals surface area contributed by atoms with Crippen molar-refractivity contribution >= 4 is 55.0 Å². The van der Waals surface area contributed by atoms with Gasteiger partial charge in [0.1, 0.15) is 11.2 Å². The maximum Gasteiger partial charge on any atom is 0.135 e. The van der Waals surface area contributed by atoms with E-state index in [0.717, 1.165) is 28.4 Å². The van der Waals surface area contributed by atoms with Crippen LogP contribution in [0.5, 0.6) is 0 Å². The lowest BCUT2D eigenvalue weighted by molar-refractivity contribution is 0.669. The zero-order valence-corrected chi connectivity index (χ0v) is 21.3. The van der Waals surface area contributed by atoms with Gasteiger partial charge >= 0.3 is 0 Å². The zero-order chi connectivity index (χ0) is 25.8. The number of allylic oxidation sites excluding steroid dienone is 6. The van der Waals surface area contributed by atoms with Crippen LogP contribution in [0.4, 0.5) is 0 Å². The Labute approximate surface area is 226 Å². The van der Waals surface area contributed by atoms with Crippen molar-refractivity contribution in [1.82, 2.24) is 4.57 Å². The summed E-state index contributed by atoms with van der Waals surface area (Å²) in [5, 5.41) is 4.83. The summed E-state index contributed by atoms with van der Waals surface area (Å²) in [4.78, 5) is 0. The Morgan fingerprint density at radius 1 is 0.487 bits per heavy atom. The number of hydrogen-bond donors (Lipinski definition) is 0. The Balaban J connectivity index is 1.26. The quantitative estimate of drug-likeness (QED) is 0.236. The molecule has 0 bridgehead atoms. The molecule has 2 heterocycles. The average Bonchev–Trinajstić information content (AvgIpc) is 3.42. The van der Waals surface area contributed by atoms with E-state index in [4.69, 9.17) is 4.42 Å². The Hall–Kier alpha value is -5.08. The fourth-order valence-corrected chi connectivity index (χ4v) is 5.96. The molecule has 8 rings (SSSR count). The molecule has 5 aromatic carbocycles. The van der Waals surface area contributed by atoms with Crippen molar-refractivity contribution in [2.75, 3.05) is 0 Å². The zero-order valence-electron chi connectivity index (χ0n) is 21.3. The molecule has 1 aliphatic rings. The highest BCUT2D eigenvalue weighted by Gasteiger charge is 2.15. The molecular formula is C37H25NO. The van der Waals surface area contributed by atoms with Gasteiger partial charge in [0.2, 0.25) is 0 Å². The number of nitrogens with zero attached hydrogens (tertiary/aromatic N) is 1. The number of hydrogen-bond acceptors (Lipinski definition) is 1. The summed E-state index contributed by atoms with van der Waals surface area (Å²) in [6.07, 6.45) is 10.0. The minimum atomic E-state index is 0.886. The first kappa shape index (κ1) is 22.0. The maximum absolute atomic E-state index is 6.07. The van der Waals surface area contributed by atoms with E-state index in [2.05, 4.69) is 132 Å². The first-order valence-electron chi connectivity index (χ1n) is 13.4. The lowest BCUT2D eigenvalue weighted by Crippen LogP contribution is -1.94. The van der Waals surface area contributed by atoms with E-state index < -0.39 is 0 Å². The van der Waals surface area contributed by atoms with Crippen molar-refractivity contribution in [3.8, 4) is 11.1 Å². The van der Waals surface area contributed by atoms with Gasteiger partial charge in [0.05, 0.1) is 11.0 Å². The molecule has 2 aromatic heterocycles. The van der Waals surface area contributed by atoms with Crippen molar-refractivity contribution in [2.45, 2.75) is 6.42 Å². The average molecular weight is 500 g/mol. The number of para-hydroxylation sites is 2. The van der Waals surface area contributed by atoms with E-state index in [0.29, 0.717) is 0 Å². The van der Waals surface area contributed by atoms with Gasteiger partial charge < -0.3 is 8.98 Å². The monoisotopic (exact) mass is 499 g/mol. The highest BCUT2D eigenvalue weighted by atomic mass is 16.3. The molecule has 0 fully saturated rings. The third-order valence-corrected chi connectivity index (χ3v) is 7.85. The normalized spacial score (nSPS) is 13.7. The molecule has 2 nitrogen and oxygen atoms in total. The molecule has 0 saturated heterocycles. The number of rotatable bonds is 3. The van der Waals surface area contributed by atoms with Gasteiger partial charge in [0.25, 0.3) is 0 Å². The molecule has 0 aliphatic heterocycles. The summed E-state index contributed by atoms with van der Waals surface area (Å²) in [6.45, 7) is 0. The van der Waals surface area contributed by atoms with Crippen molar-refractivity contribution in [2.24, 2.45) is 0 Å². The maximum atomic E-state index is 6.07. The smallest absolute Gasteiger partial charge is 0.135 e. The van der Waals surface area contributed by atoms with Gasteiger partial charge in [-0.3, -0.25) is 0 Å². The van der Waals surface area contributed by atoms with Crippen LogP contribution in [0, 0.1) is 0 Å². The molecule has 184 valence electrons. The largest absolute Gasteiger partial charge is 0.456 e. The second kappa shape index (κ2) is 8.75. The first-order valence-corrected chi connectivity index (χ1v) is 13.4. The molecule has 0 radical (unpaired) electrons. The predicted octanol–water partition coefficient (Wildman–Crippen LogP) is 10.2. The van der Waals surface area contributed by atoms with Crippen molar-refractivity contribution < 1.29 is 4.42 Å². The minimum Gasteiger partial charge on any atom is -0.456 e. The third kappa shape index (κ3) is 3.57. The van der Waals surface area contributed by atoms with Gasteiger partial charge in [-0.05, 0) is 71.2 Å². The Bertz CT molecular complexity index is 2130. The number of fused-ring (bicyclic) bond motifs is 6. The van der Waals surface area contributed by atoms with E-state index in [9.17, 15) is 0 Å². The molecule has 2 heteroatoms. The van der Waals surface area contributed by atoms with Crippen LogP contribution in [0.15, 0.2) is 144 Å². The van der Waals surface area contributed by atoms with Gasteiger partial charge in [-0.25, -0.2) is 0 Å². The van der Waals surface area contributed by atoms with E-state index in [1.165, 1.54) is 49.8 Å². The van der Waals surface area contributed by atoms with Crippen LogP contribution in [0.2, 0.25) is 0 Å². The van der Waals surface area contributed by atoms with Gasteiger partial charge in [0, 0.05) is 27.2 Å². The van der Waals surface area contributed by atoms with Crippen LogP contribution in [0.1, 0.15) is 12.0 Å². The second-order valence-electron chi connectivity index (χ2n) is 10.1. The summed E-state index contributed by atoms with van der Waals surface area (Å²) >= 11 is 0. The molecule has 0 saturated carbocycles. The Morgan fingerprint density at radius 3 is 2.08 bits per heavy atom. The standard InChI is InChI=1S/C37H25NO/c1-2-9-25(10-3-1)26-11-8-12-29(20-17-26)38-34-15-6-4-13-30(34)32-23-27(18-21-35(32)38)28-19-22-37-33(24-28)31-14-5-7-16-36(31)39-37/h1-7,9-24H,8H2. The van der Waals surface area contributed by atoms with E-state index in [1.54, 1.807) is 0 Å². The molecule has 0 amide bonds. The highest BCUT2D eigenvalue weighted by Crippen LogP contribution is 2.37. The van der Waals surface area contributed by atoms with Crippen molar-refractivity contribution in [3.05, 3.63) is 145 Å². The molecule has 0 N–H and O–H groups in total. The van der Waals surface area contributed by atoms with Gasteiger partial charge in [0.15, 0.2) is 0 Å². The molecule has 39 heavy (non-hydrogen) atoms. The van der Waals surface area contributed by atoms with Crippen LogP contribution in [0.3, 0.4) is 0 Å². The second-order valence-corrected chi connectivity index (χ2v) is 10.1. The Kier molecular flexibility index (Phi) is 4.92. The van der Waals surface area contributed by atoms with Crippen molar-refractivity contribution in [3.63, 3.8) is 0 Å². The molecule has 0 unspecified atom stereocenters. The summed E-state index contributed by atoms with van der Waals surface area (Å²) in [7, 11) is 0. The van der Waals surface area contributed by atoms with Gasteiger partial charge in [-0.2, -0.15) is 0 Å². The topological polar surface area (TPSA) is 18.1 Å². The fraction of sp³-hybridized carbons (Fsp3) is 0.0270. The molecule has 0 spiro atoms. The SMILES string of the molecule is C1=CC(n2c3ccccc3c3cc(-c4ccc5oc6ccccc6c5c4)ccc32)=CCC=C1c1ccccc1. The van der Waals surface area contributed by atoms with Gasteiger partial charge in [-0.1, -0.05) is 97.1 Å². The highest BCUT2D eigenvalue weighted by molar-refractivity contribution is 6.12. The predicted molar refractivity (Wildman–Crippen MR) is 165 cm³/mol. The molecule has 0 atom stereocenters. The van der Waals surface area contributed by atoms with E-state index >= 15 is 0 Å². The Morgan fingerprint density at radius 2 is 1.18 bits per heavy atom. The van der Waals surface area contributed by atoms with Gasteiger partial charge in [-0.15, -0.1) is 0 Å². The van der Waals surface area contributed by atoms with Crippen LogP contribution in [0.25, 0.3) is 66.1 Å². The lowest BCUT2D eigenvalue weighted by atomic mass is 10.0. The number of benzene rings is 5. The van der Waals surface area contributed by atoms with Crippen molar-refractivity contribution in [1.29, 1.82) is 0 Å². The third-order valence-electron chi connectivity index (χ3n) is 7.85. The number of aromatic nitrogens is 1. The van der Waals surface area contributed by atoms with Crippen LogP contribution < -0.4 is 0 Å². The van der Waals surface area contributed by atoms with Crippen LogP contribution in [-0.2, 0) is 0 Å². The van der Waals surface area contributed by atoms with E-state index in [1.807, 2.05) is 12.1 Å². The fourth-order valence-electron chi connectivity index (χ4n) is 5.96.